The van der Waals surface area contributed by atoms with Crippen LogP contribution in [0.4, 0.5) is 14.9 Å². The first-order valence-electron chi connectivity index (χ1n) is 5.29. The van der Waals surface area contributed by atoms with Crippen molar-refractivity contribution in [2.24, 2.45) is 0 Å². The number of carbonyl (C=O) groups excluding carboxylic acids is 1. The van der Waals surface area contributed by atoms with Gasteiger partial charge in [-0.3, -0.25) is 0 Å². The minimum absolute atomic E-state index is 0.0761. The number of rotatable bonds is 5. The lowest BCUT2D eigenvalue weighted by molar-refractivity contribution is -0.139. The predicted octanol–water partition coefficient (Wildman–Crippen LogP) is 2.63. The molecule has 0 aliphatic heterocycles. The molecular weight excluding hydrogens is 275 g/mol. The van der Waals surface area contributed by atoms with Crippen LogP contribution in [-0.2, 0) is 4.79 Å². The summed E-state index contributed by atoms with van der Waals surface area (Å²) in [4.78, 5) is 22.4. The van der Waals surface area contributed by atoms with Crippen LogP contribution in [0.25, 0.3) is 0 Å². The molecule has 1 unspecified atom stereocenters. The van der Waals surface area contributed by atoms with Crippen LogP contribution >= 0.6 is 11.6 Å². The first-order valence-corrected chi connectivity index (χ1v) is 5.67. The molecule has 0 bridgehead atoms. The Bertz CT molecular complexity index is 487. The third-order valence-electron chi connectivity index (χ3n) is 2.13. The second-order valence-electron chi connectivity index (χ2n) is 3.67. The summed E-state index contributed by atoms with van der Waals surface area (Å²) >= 11 is 5.62. The van der Waals surface area contributed by atoms with E-state index in [2.05, 4.69) is 17.2 Å². The molecule has 1 rings (SSSR count). The van der Waals surface area contributed by atoms with Crippen LogP contribution in [0.5, 0.6) is 0 Å². The molecule has 0 aliphatic carbocycles. The van der Waals surface area contributed by atoms with Gasteiger partial charge in [-0.15, -0.1) is 6.58 Å². The highest BCUT2D eigenvalue weighted by molar-refractivity contribution is 6.30. The topological polar surface area (TPSA) is 78.4 Å². The van der Waals surface area contributed by atoms with Crippen LogP contribution in [0.15, 0.2) is 30.9 Å². The molecule has 19 heavy (non-hydrogen) atoms. The Kier molecular flexibility index (Phi) is 5.32. The number of anilines is 1. The van der Waals surface area contributed by atoms with E-state index in [1.54, 1.807) is 0 Å². The van der Waals surface area contributed by atoms with E-state index in [1.807, 2.05) is 0 Å². The van der Waals surface area contributed by atoms with E-state index >= 15 is 0 Å². The Labute approximate surface area is 114 Å². The summed E-state index contributed by atoms with van der Waals surface area (Å²) in [5.41, 5.74) is 0.130. The van der Waals surface area contributed by atoms with E-state index < -0.39 is 23.9 Å². The smallest absolute Gasteiger partial charge is 0.326 e. The first-order chi connectivity index (χ1) is 8.92. The molecule has 0 aliphatic rings. The molecule has 1 atom stereocenters. The largest absolute Gasteiger partial charge is 0.480 e. The molecule has 0 aromatic heterocycles. The fourth-order valence-corrected chi connectivity index (χ4v) is 1.56. The van der Waals surface area contributed by atoms with Crippen molar-refractivity contribution in [2.75, 3.05) is 5.32 Å². The minimum Gasteiger partial charge on any atom is -0.480 e. The Morgan fingerprint density at radius 3 is 2.68 bits per heavy atom. The summed E-state index contributed by atoms with van der Waals surface area (Å²) in [6.45, 7) is 3.40. The van der Waals surface area contributed by atoms with Gasteiger partial charge in [-0.2, -0.15) is 0 Å². The number of carboxylic acids is 1. The van der Waals surface area contributed by atoms with Crippen molar-refractivity contribution < 1.29 is 19.1 Å². The highest BCUT2D eigenvalue weighted by atomic mass is 35.5. The van der Waals surface area contributed by atoms with Crippen molar-refractivity contribution in [3.63, 3.8) is 0 Å². The molecule has 0 fully saturated rings. The average Bonchev–Trinajstić information content (AvgIpc) is 2.26. The number of halogens is 2. The van der Waals surface area contributed by atoms with Gasteiger partial charge in [-0.05, 0) is 24.6 Å². The van der Waals surface area contributed by atoms with Crippen molar-refractivity contribution in [3.05, 3.63) is 41.7 Å². The number of carboxylic acid groups (broad SMARTS) is 1. The highest BCUT2D eigenvalue weighted by Crippen LogP contribution is 2.17. The molecule has 0 heterocycles. The SMILES string of the molecule is C=CCC(NC(=O)Nc1cc(F)cc(Cl)c1)C(=O)O. The van der Waals surface area contributed by atoms with E-state index in [0.717, 1.165) is 12.1 Å². The molecule has 7 heteroatoms. The lowest BCUT2D eigenvalue weighted by Gasteiger charge is -2.13. The molecule has 0 saturated carbocycles. The van der Waals surface area contributed by atoms with Gasteiger partial charge in [-0.25, -0.2) is 14.0 Å². The molecule has 1 aromatic carbocycles. The van der Waals surface area contributed by atoms with Crippen molar-refractivity contribution >= 4 is 29.3 Å². The van der Waals surface area contributed by atoms with Crippen LogP contribution in [0.1, 0.15) is 6.42 Å². The van der Waals surface area contributed by atoms with Gasteiger partial charge in [0, 0.05) is 10.7 Å². The van der Waals surface area contributed by atoms with Crippen molar-refractivity contribution in [1.29, 1.82) is 0 Å². The molecular formula is C12H12ClFN2O3. The fraction of sp³-hybridized carbons (Fsp3) is 0.167. The van der Waals surface area contributed by atoms with E-state index in [0.29, 0.717) is 0 Å². The monoisotopic (exact) mass is 286 g/mol. The number of nitrogens with one attached hydrogen (secondary N) is 2. The number of carbonyl (C=O) groups is 2. The first kappa shape index (κ1) is 15.0. The van der Waals surface area contributed by atoms with Gasteiger partial charge in [0.05, 0.1) is 0 Å². The fourth-order valence-electron chi connectivity index (χ4n) is 1.34. The van der Waals surface area contributed by atoms with Gasteiger partial charge >= 0.3 is 12.0 Å². The van der Waals surface area contributed by atoms with E-state index in [1.165, 1.54) is 12.1 Å². The lowest BCUT2D eigenvalue weighted by atomic mass is 10.2. The number of hydrogen-bond donors (Lipinski definition) is 3. The number of urea groups is 1. The van der Waals surface area contributed by atoms with E-state index in [4.69, 9.17) is 16.7 Å². The van der Waals surface area contributed by atoms with Crippen LogP contribution in [-0.4, -0.2) is 23.1 Å². The second kappa shape index (κ2) is 6.75. The molecule has 0 saturated heterocycles. The van der Waals surface area contributed by atoms with Crippen LogP contribution in [0.2, 0.25) is 5.02 Å². The van der Waals surface area contributed by atoms with Gasteiger partial charge in [0.2, 0.25) is 0 Å². The summed E-state index contributed by atoms with van der Waals surface area (Å²) in [6.07, 6.45) is 1.45. The summed E-state index contributed by atoms with van der Waals surface area (Å²) in [5, 5.41) is 13.5. The maximum Gasteiger partial charge on any atom is 0.326 e. The van der Waals surface area contributed by atoms with Crippen LogP contribution in [0.3, 0.4) is 0 Å². The van der Waals surface area contributed by atoms with Gasteiger partial charge in [0.15, 0.2) is 0 Å². The molecule has 102 valence electrons. The Morgan fingerprint density at radius 2 is 2.16 bits per heavy atom. The molecule has 0 radical (unpaired) electrons. The van der Waals surface area contributed by atoms with Crippen LogP contribution < -0.4 is 10.6 Å². The van der Waals surface area contributed by atoms with E-state index in [9.17, 15) is 14.0 Å². The van der Waals surface area contributed by atoms with Gasteiger partial charge in [0.25, 0.3) is 0 Å². The van der Waals surface area contributed by atoms with Crippen molar-refractivity contribution in [2.45, 2.75) is 12.5 Å². The molecule has 0 spiro atoms. The molecule has 2 amide bonds. The zero-order valence-corrected chi connectivity index (χ0v) is 10.6. The number of hydrogen-bond acceptors (Lipinski definition) is 2. The summed E-state index contributed by atoms with van der Waals surface area (Å²) in [5.74, 6) is -1.80. The maximum absolute atomic E-state index is 13.0. The number of aliphatic carboxylic acids is 1. The normalized spacial score (nSPS) is 11.5. The molecule has 1 aromatic rings. The Balaban J connectivity index is 2.68. The second-order valence-corrected chi connectivity index (χ2v) is 4.11. The van der Waals surface area contributed by atoms with Crippen molar-refractivity contribution in [1.82, 2.24) is 5.32 Å². The van der Waals surface area contributed by atoms with E-state index in [-0.39, 0.29) is 17.1 Å². The van der Waals surface area contributed by atoms with Gasteiger partial charge < -0.3 is 15.7 Å². The maximum atomic E-state index is 13.0. The average molecular weight is 287 g/mol. The van der Waals surface area contributed by atoms with Crippen molar-refractivity contribution in [3.8, 4) is 0 Å². The van der Waals surface area contributed by atoms with Crippen LogP contribution in [0, 0.1) is 5.82 Å². The number of amides is 2. The number of benzene rings is 1. The quantitative estimate of drug-likeness (QED) is 0.728. The predicted molar refractivity (Wildman–Crippen MR) is 69.8 cm³/mol. The van der Waals surface area contributed by atoms with Gasteiger partial charge in [0.1, 0.15) is 11.9 Å². The summed E-state index contributed by atoms with van der Waals surface area (Å²) < 4.78 is 13.0. The zero-order valence-electron chi connectivity index (χ0n) is 9.82. The lowest BCUT2D eigenvalue weighted by Crippen LogP contribution is -2.42. The standard InChI is InChI=1S/C12H12ClFN2O3/c1-2-3-10(11(17)18)16-12(19)15-9-5-7(13)4-8(14)6-9/h2,4-6,10H,1,3H2,(H,17,18)(H2,15,16,19). The Hall–Kier alpha value is -2.08. The Morgan fingerprint density at radius 1 is 1.47 bits per heavy atom. The third kappa shape index (κ3) is 4.97. The minimum atomic E-state index is -1.19. The van der Waals surface area contributed by atoms with Gasteiger partial charge in [-0.1, -0.05) is 17.7 Å². The third-order valence-corrected chi connectivity index (χ3v) is 2.34. The summed E-state index contributed by atoms with van der Waals surface area (Å²) in [6, 6.07) is 1.63. The molecule has 5 nitrogen and oxygen atoms in total. The highest BCUT2D eigenvalue weighted by Gasteiger charge is 2.18. The summed E-state index contributed by atoms with van der Waals surface area (Å²) in [7, 11) is 0. The zero-order chi connectivity index (χ0) is 14.4. The molecule has 3 N–H and O–H groups in total.